The third-order valence-electron chi connectivity index (χ3n) is 2.59. The predicted octanol–water partition coefficient (Wildman–Crippen LogP) is 2.00. The van der Waals surface area contributed by atoms with Crippen LogP contribution in [0.1, 0.15) is 5.69 Å². The van der Waals surface area contributed by atoms with E-state index >= 15 is 0 Å². The number of hydrogen-bond donors (Lipinski definition) is 1. The minimum Gasteiger partial charge on any atom is -0.481 e. The molecule has 0 bridgehead atoms. The lowest BCUT2D eigenvalue weighted by atomic mass is 10.1. The van der Waals surface area contributed by atoms with Gasteiger partial charge in [-0.25, -0.2) is 0 Å². The second-order valence-electron chi connectivity index (χ2n) is 3.74. The molecule has 0 aliphatic carbocycles. The Kier molecular flexibility index (Phi) is 2.04. The highest BCUT2D eigenvalue weighted by Crippen LogP contribution is 2.24. The van der Waals surface area contributed by atoms with Crippen LogP contribution < -0.4 is 0 Å². The van der Waals surface area contributed by atoms with E-state index in [9.17, 15) is 4.79 Å². The first-order chi connectivity index (χ1) is 8.24. The third kappa shape index (κ3) is 1.61. The Hall–Kier alpha value is -2.43. The van der Waals surface area contributed by atoms with Gasteiger partial charge < -0.3 is 9.63 Å². The van der Waals surface area contributed by atoms with E-state index in [2.05, 4.69) is 10.1 Å². The molecule has 0 saturated heterocycles. The highest BCUT2D eigenvalue weighted by atomic mass is 16.5. The number of aromatic nitrogens is 2. The van der Waals surface area contributed by atoms with Gasteiger partial charge in [-0.1, -0.05) is 11.2 Å². The molecule has 2 heterocycles. The van der Waals surface area contributed by atoms with Gasteiger partial charge in [-0.3, -0.25) is 9.78 Å². The normalized spacial score (nSPS) is 11.1. The van der Waals surface area contributed by atoms with Crippen molar-refractivity contribution in [1.82, 2.24) is 10.1 Å². The van der Waals surface area contributed by atoms with Crippen molar-refractivity contribution in [2.75, 3.05) is 0 Å². The number of nitrogens with zero attached hydrogens (tertiary/aromatic N) is 2. The van der Waals surface area contributed by atoms with Gasteiger partial charge in [-0.2, -0.15) is 0 Å². The molecule has 0 spiro atoms. The number of benzene rings is 1. The Morgan fingerprint density at radius 2 is 2.29 bits per heavy atom. The molecule has 0 saturated carbocycles. The summed E-state index contributed by atoms with van der Waals surface area (Å²) in [5.41, 5.74) is 1.81. The molecule has 0 atom stereocenters. The van der Waals surface area contributed by atoms with Gasteiger partial charge in [-0.15, -0.1) is 0 Å². The van der Waals surface area contributed by atoms with Crippen molar-refractivity contribution in [1.29, 1.82) is 0 Å². The summed E-state index contributed by atoms with van der Waals surface area (Å²) < 4.78 is 5.10. The average Bonchev–Trinajstić information content (AvgIpc) is 2.68. The van der Waals surface area contributed by atoms with Crippen molar-refractivity contribution >= 4 is 27.8 Å². The molecule has 0 aliphatic heterocycles. The minimum atomic E-state index is -0.925. The predicted molar refractivity (Wildman–Crippen MR) is 60.6 cm³/mol. The van der Waals surface area contributed by atoms with Crippen LogP contribution in [0.4, 0.5) is 0 Å². The van der Waals surface area contributed by atoms with Gasteiger partial charge in [0.05, 0.1) is 11.9 Å². The van der Waals surface area contributed by atoms with Crippen molar-refractivity contribution in [2.24, 2.45) is 0 Å². The highest BCUT2D eigenvalue weighted by Gasteiger charge is 2.12. The molecule has 17 heavy (non-hydrogen) atoms. The molecule has 2 aromatic heterocycles. The van der Waals surface area contributed by atoms with E-state index in [1.54, 1.807) is 12.3 Å². The maximum atomic E-state index is 10.7. The zero-order chi connectivity index (χ0) is 11.8. The molecule has 0 unspecified atom stereocenters. The largest absolute Gasteiger partial charge is 0.481 e. The van der Waals surface area contributed by atoms with Crippen LogP contribution in [0.25, 0.3) is 21.9 Å². The summed E-state index contributed by atoms with van der Waals surface area (Å²) in [5.74, 6) is -0.925. The molecular weight excluding hydrogens is 220 g/mol. The molecule has 3 rings (SSSR count). The Bertz CT molecular complexity index is 718. The summed E-state index contributed by atoms with van der Waals surface area (Å²) >= 11 is 0. The van der Waals surface area contributed by atoms with E-state index in [1.165, 1.54) is 0 Å². The maximum Gasteiger partial charge on any atom is 0.309 e. The molecule has 0 radical (unpaired) electrons. The Labute approximate surface area is 95.7 Å². The quantitative estimate of drug-likeness (QED) is 0.725. The van der Waals surface area contributed by atoms with Gasteiger partial charge in [0.2, 0.25) is 0 Å². The summed E-state index contributed by atoms with van der Waals surface area (Å²) in [6, 6.07) is 7.37. The van der Waals surface area contributed by atoms with Crippen molar-refractivity contribution in [3.05, 3.63) is 36.2 Å². The van der Waals surface area contributed by atoms with Gasteiger partial charge in [-0.05, 0) is 12.1 Å². The number of fused-ring (bicyclic) bond motifs is 2. The number of pyridine rings is 1. The van der Waals surface area contributed by atoms with Crippen LogP contribution in [-0.4, -0.2) is 21.2 Å². The second kappa shape index (κ2) is 3.55. The molecule has 84 valence electrons. The van der Waals surface area contributed by atoms with Gasteiger partial charge in [0, 0.05) is 23.0 Å². The highest BCUT2D eigenvalue weighted by molar-refractivity contribution is 5.95. The molecule has 5 nitrogen and oxygen atoms in total. The monoisotopic (exact) mass is 228 g/mol. The summed E-state index contributed by atoms with van der Waals surface area (Å²) in [4.78, 5) is 14.9. The number of aliphatic carboxylic acids is 1. The average molecular weight is 228 g/mol. The van der Waals surface area contributed by atoms with Crippen LogP contribution in [0.2, 0.25) is 0 Å². The molecule has 1 N–H and O–H groups in total. The molecule has 3 aromatic rings. The Balaban J connectivity index is 2.27. The minimum absolute atomic E-state index is 0.140. The third-order valence-corrected chi connectivity index (χ3v) is 2.59. The van der Waals surface area contributed by atoms with Crippen molar-refractivity contribution in [2.45, 2.75) is 6.42 Å². The molecular formula is C12H8N2O3. The van der Waals surface area contributed by atoms with E-state index in [0.717, 1.165) is 16.3 Å². The fourth-order valence-electron chi connectivity index (χ4n) is 1.83. The number of carboxylic acids is 1. The first-order valence-electron chi connectivity index (χ1n) is 5.09. The number of hydrogen-bond acceptors (Lipinski definition) is 4. The number of rotatable bonds is 2. The van der Waals surface area contributed by atoms with Crippen molar-refractivity contribution in [3.8, 4) is 0 Å². The van der Waals surface area contributed by atoms with Gasteiger partial charge >= 0.3 is 5.97 Å². The van der Waals surface area contributed by atoms with Gasteiger partial charge in [0.1, 0.15) is 5.69 Å². The summed E-state index contributed by atoms with van der Waals surface area (Å²) in [7, 11) is 0. The van der Waals surface area contributed by atoms with Crippen LogP contribution in [0.3, 0.4) is 0 Å². The molecule has 0 fully saturated rings. The topological polar surface area (TPSA) is 76.2 Å². The molecule has 1 aromatic carbocycles. The fourth-order valence-corrected chi connectivity index (χ4v) is 1.83. The lowest BCUT2D eigenvalue weighted by molar-refractivity contribution is -0.136. The van der Waals surface area contributed by atoms with Crippen LogP contribution in [0, 0.1) is 0 Å². The molecule has 0 aliphatic rings. The Morgan fingerprint density at radius 3 is 3.12 bits per heavy atom. The second-order valence-corrected chi connectivity index (χ2v) is 3.74. The standard InChI is InChI=1S/C12H8N2O3/c15-12(16)6-10-8-4-7-2-1-3-13-9(7)5-11(8)17-14-10/h1-5H,6H2,(H,15,16). The van der Waals surface area contributed by atoms with Gasteiger partial charge in [0.15, 0.2) is 5.58 Å². The van der Waals surface area contributed by atoms with E-state index in [4.69, 9.17) is 9.63 Å². The van der Waals surface area contributed by atoms with Gasteiger partial charge in [0.25, 0.3) is 0 Å². The lowest BCUT2D eigenvalue weighted by Gasteiger charge is -1.96. The smallest absolute Gasteiger partial charge is 0.309 e. The SMILES string of the molecule is O=C(O)Cc1noc2cc3ncccc3cc12. The van der Waals surface area contributed by atoms with Crippen molar-refractivity contribution in [3.63, 3.8) is 0 Å². The summed E-state index contributed by atoms with van der Waals surface area (Å²) in [6.45, 7) is 0. The van der Waals surface area contributed by atoms with E-state index < -0.39 is 5.97 Å². The van der Waals surface area contributed by atoms with E-state index in [0.29, 0.717) is 11.3 Å². The first kappa shape index (κ1) is 9.77. The zero-order valence-corrected chi connectivity index (χ0v) is 8.75. The molecule has 5 heteroatoms. The number of carboxylic acid groups (broad SMARTS) is 1. The van der Waals surface area contributed by atoms with Crippen LogP contribution >= 0.6 is 0 Å². The molecule has 0 amide bonds. The van der Waals surface area contributed by atoms with Crippen LogP contribution in [0.5, 0.6) is 0 Å². The first-order valence-corrected chi connectivity index (χ1v) is 5.09. The van der Waals surface area contributed by atoms with E-state index in [-0.39, 0.29) is 6.42 Å². The number of carbonyl (C=O) groups is 1. The summed E-state index contributed by atoms with van der Waals surface area (Å²) in [6.07, 6.45) is 1.56. The fraction of sp³-hybridized carbons (Fsp3) is 0.0833. The lowest BCUT2D eigenvalue weighted by Crippen LogP contribution is -2.00. The van der Waals surface area contributed by atoms with E-state index in [1.807, 2.05) is 18.2 Å². The van der Waals surface area contributed by atoms with Crippen LogP contribution in [-0.2, 0) is 11.2 Å². The Morgan fingerprint density at radius 1 is 1.41 bits per heavy atom. The van der Waals surface area contributed by atoms with Crippen LogP contribution in [0.15, 0.2) is 35.0 Å². The van der Waals surface area contributed by atoms with Crippen molar-refractivity contribution < 1.29 is 14.4 Å². The maximum absolute atomic E-state index is 10.7. The summed E-state index contributed by atoms with van der Waals surface area (Å²) in [5, 5.41) is 14.2. The zero-order valence-electron chi connectivity index (χ0n) is 8.75.